The summed E-state index contributed by atoms with van der Waals surface area (Å²) in [7, 11) is 0. The molecule has 1 unspecified atom stereocenters. The molecule has 0 fully saturated rings. The van der Waals surface area contributed by atoms with E-state index in [1.165, 1.54) is 0 Å². The fourth-order valence-electron chi connectivity index (χ4n) is 1.27. The van der Waals surface area contributed by atoms with Crippen LogP contribution in [0, 0.1) is 0 Å². The maximum absolute atomic E-state index is 11.2. The number of aliphatic hydroxyl groups is 1. The second-order valence-electron chi connectivity index (χ2n) is 3.86. The third-order valence-corrected chi connectivity index (χ3v) is 2.18. The van der Waals surface area contributed by atoms with E-state index in [4.69, 9.17) is 14.6 Å². The molecule has 2 N–H and O–H groups in total. The second kappa shape index (κ2) is 7.55. The van der Waals surface area contributed by atoms with E-state index in [0.717, 1.165) is 0 Å². The van der Waals surface area contributed by atoms with Crippen LogP contribution in [0.4, 0.5) is 10.5 Å². The van der Waals surface area contributed by atoms with Gasteiger partial charge in [-0.05, 0) is 38.1 Å². The highest BCUT2D eigenvalue weighted by atomic mass is 16.5. The average Bonchev–Trinajstić information content (AvgIpc) is 2.31. The SMILES string of the molecule is CCOC(=O)Nc1ccc(OCCC(C)O)cc1. The summed E-state index contributed by atoms with van der Waals surface area (Å²) in [6.45, 7) is 4.27. The summed E-state index contributed by atoms with van der Waals surface area (Å²) in [5.74, 6) is 0.699. The highest BCUT2D eigenvalue weighted by Crippen LogP contribution is 2.16. The van der Waals surface area contributed by atoms with Crippen molar-refractivity contribution >= 4 is 11.8 Å². The van der Waals surface area contributed by atoms with Crippen molar-refractivity contribution in [1.29, 1.82) is 0 Å². The Bertz CT molecular complexity index is 362. The zero-order valence-corrected chi connectivity index (χ0v) is 10.7. The molecule has 18 heavy (non-hydrogen) atoms. The van der Waals surface area contributed by atoms with Gasteiger partial charge in [-0.1, -0.05) is 0 Å². The summed E-state index contributed by atoms with van der Waals surface area (Å²) in [5, 5.41) is 11.7. The minimum Gasteiger partial charge on any atom is -0.493 e. The molecule has 0 radical (unpaired) electrons. The van der Waals surface area contributed by atoms with E-state index in [9.17, 15) is 4.79 Å². The molecule has 5 nitrogen and oxygen atoms in total. The summed E-state index contributed by atoms with van der Waals surface area (Å²) in [4.78, 5) is 11.2. The smallest absolute Gasteiger partial charge is 0.411 e. The Labute approximate surface area is 107 Å². The Morgan fingerprint density at radius 1 is 1.39 bits per heavy atom. The maximum atomic E-state index is 11.2. The van der Waals surface area contributed by atoms with Crippen molar-refractivity contribution in [2.45, 2.75) is 26.4 Å². The van der Waals surface area contributed by atoms with Gasteiger partial charge in [0.05, 0.1) is 19.3 Å². The molecule has 1 aromatic carbocycles. The predicted octanol–water partition coefficient (Wildman–Crippen LogP) is 2.40. The Morgan fingerprint density at radius 3 is 2.61 bits per heavy atom. The number of ether oxygens (including phenoxy) is 2. The van der Waals surface area contributed by atoms with Gasteiger partial charge >= 0.3 is 6.09 Å². The summed E-state index contributed by atoms with van der Waals surface area (Å²) < 4.78 is 10.2. The first-order chi connectivity index (χ1) is 8.61. The van der Waals surface area contributed by atoms with Crippen molar-refractivity contribution in [3.63, 3.8) is 0 Å². The average molecular weight is 253 g/mol. The quantitative estimate of drug-likeness (QED) is 0.817. The molecule has 0 heterocycles. The normalized spacial score (nSPS) is 11.7. The molecule has 1 atom stereocenters. The summed E-state index contributed by atoms with van der Waals surface area (Å²) in [5.41, 5.74) is 0.649. The lowest BCUT2D eigenvalue weighted by Gasteiger charge is -2.09. The van der Waals surface area contributed by atoms with Crippen LogP contribution in [0.25, 0.3) is 0 Å². The molecule has 100 valence electrons. The molecule has 1 rings (SSSR count). The van der Waals surface area contributed by atoms with Gasteiger partial charge in [-0.25, -0.2) is 4.79 Å². The number of nitrogens with one attached hydrogen (secondary N) is 1. The van der Waals surface area contributed by atoms with E-state index in [1.807, 2.05) is 0 Å². The minimum atomic E-state index is -0.472. The highest BCUT2D eigenvalue weighted by molar-refractivity contribution is 5.84. The van der Waals surface area contributed by atoms with Crippen LogP contribution in [0.3, 0.4) is 0 Å². The first-order valence-corrected chi connectivity index (χ1v) is 5.96. The molecule has 0 aliphatic heterocycles. The molecule has 1 amide bonds. The maximum Gasteiger partial charge on any atom is 0.411 e. The minimum absolute atomic E-state index is 0.340. The molecule has 0 saturated heterocycles. The lowest BCUT2D eigenvalue weighted by Crippen LogP contribution is -2.13. The van der Waals surface area contributed by atoms with Crippen LogP contribution in [-0.4, -0.2) is 30.5 Å². The zero-order chi connectivity index (χ0) is 13.4. The third-order valence-electron chi connectivity index (χ3n) is 2.18. The van der Waals surface area contributed by atoms with E-state index >= 15 is 0 Å². The van der Waals surface area contributed by atoms with Gasteiger partial charge in [-0.2, -0.15) is 0 Å². The molecule has 0 saturated carbocycles. The second-order valence-corrected chi connectivity index (χ2v) is 3.86. The Hall–Kier alpha value is -1.75. The lowest BCUT2D eigenvalue weighted by molar-refractivity contribution is 0.155. The Morgan fingerprint density at radius 2 is 2.06 bits per heavy atom. The molecule has 0 spiro atoms. The van der Waals surface area contributed by atoms with Crippen LogP contribution < -0.4 is 10.1 Å². The lowest BCUT2D eigenvalue weighted by atomic mass is 10.3. The highest BCUT2D eigenvalue weighted by Gasteiger charge is 2.02. The molecule has 0 aromatic heterocycles. The van der Waals surface area contributed by atoms with Crippen molar-refractivity contribution in [2.75, 3.05) is 18.5 Å². The van der Waals surface area contributed by atoms with Crippen LogP contribution >= 0.6 is 0 Å². The third kappa shape index (κ3) is 5.54. The number of carbonyl (C=O) groups excluding carboxylic acids is 1. The summed E-state index contributed by atoms with van der Waals surface area (Å²) >= 11 is 0. The van der Waals surface area contributed by atoms with Gasteiger partial charge in [0.1, 0.15) is 5.75 Å². The van der Waals surface area contributed by atoms with Gasteiger partial charge in [0, 0.05) is 12.1 Å². The standard InChI is InChI=1S/C13H19NO4/c1-3-17-13(16)14-11-4-6-12(7-5-11)18-9-8-10(2)15/h4-7,10,15H,3,8-9H2,1-2H3,(H,14,16). The largest absolute Gasteiger partial charge is 0.493 e. The van der Waals surface area contributed by atoms with E-state index in [1.54, 1.807) is 38.1 Å². The van der Waals surface area contributed by atoms with E-state index in [0.29, 0.717) is 31.1 Å². The van der Waals surface area contributed by atoms with Gasteiger partial charge in [0.15, 0.2) is 0 Å². The van der Waals surface area contributed by atoms with E-state index in [2.05, 4.69) is 5.32 Å². The van der Waals surface area contributed by atoms with Crippen LogP contribution in [0.1, 0.15) is 20.3 Å². The number of carbonyl (C=O) groups is 1. The summed E-state index contributed by atoms with van der Waals surface area (Å²) in [6.07, 6.45) is -0.252. The molecule has 0 aliphatic carbocycles. The summed E-state index contributed by atoms with van der Waals surface area (Å²) in [6, 6.07) is 6.97. The van der Waals surface area contributed by atoms with Crippen LogP contribution in [0.5, 0.6) is 5.75 Å². The van der Waals surface area contributed by atoms with E-state index < -0.39 is 6.09 Å². The number of hydrogen-bond donors (Lipinski definition) is 2. The van der Waals surface area contributed by atoms with Crippen LogP contribution in [0.15, 0.2) is 24.3 Å². The predicted molar refractivity (Wildman–Crippen MR) is 68.9 cm³/mol. The van der Waals surface area contributed by atoms with Crippen LogP contribution in [-0.2, 0) is 4.74 Å². The fraction of sp³-hybridized carbons (Fsp3) is 0.462. The first kappa shape index (κ1) is 14.3. The van der Waals surface area contributed by atoms with Crippen LogP contribution in [0.2, 0.25) is 0 Å². The van der Waals surface area contributed by atoms with Gasteiger partial charge in [0.25, 0.3) is 0 Å². The molecule has 0 bridgehead atoms. The number of amides is 1. The molecule has 0 aliphatic rings. The number of anilines is 1. The van der Waals surface area contributed by atoms with Gasteiger partial charge in [-0.15, -0.1) is 0 Å². The van der Waals surface area contributed by atoms with E-state index in [-0.39, 0.29) is 6.10 Å². The molecule has 5 heteroatoms. The Balaban J connectivity index is 2.40. The van der Waals surface area contributed by atoms with Crippen molar-refractivity contribution in [2.24, 2.45) is 0 Å². The molecular weight excluding hydrogens is 234 g/mol. The van der Waals surface area contributed by atoms with Crippen molar-refractivity contribution < 1.29 is 19.4 Å². The molecular formula is C13H19NO4. The number of benzene rings is 1. The van der Waals surface area contributed by atoms with Crippen molar-refractivity contribution in [3.05, 3.63) is 24.3 Å². The van der Waals surface area contributed by atoms with Gasteiger partial charge in [0.2, 0.25) is 0 Å². The zero-order valence-electron chi connectivity index (χ0n) is 10.7. The first-order valence-electron chi connectivity index (χ1n) is 5.96. The van der Waals surface area contributed by atoms with Crippen molar-refractivity contribution in [3.8, 4) is 5.75 Å². The fourth-order valence-corrected chi connectivity index (χ4v) is 1.27. The number of hydrogen-bond acceptors (Lipinski definition) is 4. The number of rotatable bonds is 6. The topological polar surface area (TPSA) is 67.8 Å². The Kier molecular flexibility index (Phi) is 6.00. The van der Waals surface area contributed by atoms with Gasteiger partial charge in [-0.3, -0.25) is 5.32 Å². The van der Waals surface area contributed by atoms with Crippen molar-refractivity contribution in [1.82, 2.24) is 0 Å². The monoisotopic (exact) mass is 253 g/mol. The van der Waals surface area contributed by atoms with Gasteiger partial charge < -0.3 is 14.6 Å². The number of aliphatic hydroxyl groups excluding tert-OH is 1. The molecule has 1 aromatic rings.